The number of rotatable bonds is 6. The van der Waals surface area contributed by atoms with Crippen molar-refractivity contribution in [2.45, 2.75) is 39.2 Å². The second-order valence-electron chi connectivity index (χ2n) is 6.99. The Morgan fingerprint density at radius 1 is 1.15 bits per heavy atom. The molecule has 136 valence electrons. The molecule has 2 unspecified atom stereocenters. The molecule has 0 aliphatic rings. The third-order valence-electron chi connectivity index (χ3n) is 4.86. The highest BCUT2D eigenvalue weighted by Gasteiger charge is 2.25. The van der Waals surface area contributed by atoms with Crippen molar-refractivity contribution < 1.29 is 9.18 Å². The van der Waals surface area contributed by atoms with Crippen LogP contribution < -0.4 is 5.32 Å². The molecule has 1 aromatic carbocycles. The Morgan fingerprint density at radius 3 is 2.62 bits per heavy atom. The summed E-state index contributed by atoms with van der Waals surface area (Å²) in [6, 6.07) is 12.4. The smallest absolute Gasteiger partial charge is 0.221 e. The van der Waals surface area contributed by atoms with Crippen molar-refractivity contribution in [1.29, 1.82) is 0 Å². The normalized spacial score (nSPS) is 13.7. The van der Waals surface area contributed by atoms with Crippen LogP contribution in [0.1, 0.15) is 44.4 Å². The van der Waals surface area contributed by atoms with Gasteiger partial charge in [-0.1, -0.05) is 38.1 Å². The number of benzene rings is 1. The summed E-state index contributed by atoms with van der Waals surface area (Å²) in [4.78, 5) is 17.0. The lowest BCUT2D eigenvalue weighted by Gasteiger charge is -2.21. The number of hydrogen-bond donors (Lipinski definition) is 1. The summed E-state index contributed by atoms with van der Waals surface area (Å²) < 4.78 is 16.4. The molecular weight excluding hydrogens is 329 g/mol. The molecule has 4 nitrogen and oxygen atoms in total. The fraction of sp³-hybridized carbons (Fsp3) is 0.333. The molecule has 2 heterocycles. The lowest BCUT2D eigenvalue weighted by molar-refractivity contribution is -0.122. The molecule has 2 atom stereocenters. The van der Waals surface area contributed by atoms with Gasteiger partial charge in [0.2, 0.25) is 5.91 Å². The minimum absolute atomic E-state index is 0.0611. The Labute approximate surface area is 153 Å². The summed E-state index contributed by atoms with van der Waals surface area (Å²) in [5.74, 6) is -0.479. The van der Waals surface area contributed by atoms with Crippen molar-refractivity contribution >= 4 is 11.6 Å². The average molecular weight is 353 g/mol. The predicted octanol–water partition coefficient (Wildman–Crippen LogP) is 4.16. The first-order valence-corrected chi connectivity index (χ1v) is 8.93. The molecule has 26 heavy (non-hydrogen) atoms. The molecule has 1 N–H and O–H groups in total. The van der Waals surface area contributed by atoms with Crippen LogP contribution in [-0.2, 0) is 4.79 Å². The monoisotopic (exact) mass is 353 g/mol. The topological polar surface area (TPSA) is 46.4 Å². The zero-order chi connectivity index (χ0) is 18.7. The number of imidazole rings is 1. The number of amides is 1. The van der Waals surface area contributed by atoms with Gasteiger partial charge in [-0.15, -0.1) is 0 Å². The molecule has 0 saturated heterocycles. The molecule has 0 aliphatic heterocycles. The Balaban J connectivity index is 1.98. The van der Waals surface area contributed by atoms with Crippen LogP contribution in [-0.4, -0.2) is 21.3 Å². The lowest BCUT2D eigenvalue weighted by Crippen LogP contribution is -2.37. The maximum atomic E-state index is 14.5. The lowest BCUT2D eigenvalue weighted by atomic mass is 9.91. The van der Waals surface area contributed by atoms with E-state index < -0.39 is 5.92 Å². The van der Waals surface area contributed by atoms with Gasteiger partial charge in [-0.25, -0.2) is 9.37 Å². The number of aromatic nitrogens is 2. The number of halogens is 1. The summed E-state index contributed by atoms with van der Waals surface area (Å²) in [6.45, 7) is 6.10. The third kappa shape index (κ3) is 3.77. The van der Waals surface area contributed by atoms with Crippen LogP contribution in [0.5, 0.6) is 0 Å². The molecule has 2 aromatic heterocycles. The fourth-order valence-electron chi connectivity index (χ4n) is 3.01. The van der Waals surface area contributed by atoms with Gasteiger partial charge in [-0.05, 0) is 36.6 Å². The number of carbonyl (C=O) groups is 1. The average Bonchev–Trinajstić information content (AvgIpc) is 3.04. The number of carbonyl (C=O) groups excluding carboxylic acids is 1. The number of nitrogens with one attached hydrogen (secondary N) is 1. The minimum atomic E-state index is -0.409. The molecule has 0 bridgehead atoms. The molecule has 0 saturated carbocycles. The van der Waals surface area contributed by atoms with E-state index in [-0.39, 0.29) is 24.2 Å². The van der Waals surface area contributed by atoms with Crippen LogP contribution in [0.2, 0.25) is 0 Å². The zero-order valence-corrected chi connectivity index (χ0v) is 15.3. The highest BCUT2D eigenvalue weighted by molar-refractivity contribution is 5.77. The first kappa shape index (κ1) is 18.1. The SMILES string of the molecule is CC(C)C(C)NC(=O)CC(c1ccccc1F)c1cnc2ccccn12. The standard InChI is InChI=1S/C21H24FN3O/c1-14(2)15(3)24-21(26)12-17(16-8-4-5-9-18(16)22)19-13-23-20-10-6-7-11-25(19)20/h4-11,13-15,17H,12H2,1-3H3,(H,24,26). The number of nitrogens with zero attached hydrogens (tertiary/aromatic N) is 2. The van der Waals surface area contributed by atoms with Gasteiger partial charge in [0.25, 0.3) is 0 Å². The molecule has 0 fully saturated rings. The van der Waals surface area contributed by atoms with E-state index in [0.29, 0.717) is 11.5 Å². The first-order chi connectivity index (χ1) is 12.5. The van der Waals surface area contributed by atoms with Gasteiger partial charge in [0.15, 0.2) is 0 Å². The van der Waals surface area contributed by atoms with E-state index in [1.165, 1.54) is 6.07 Å². The molecule has 3 aromatic rings. The predicted molar refractivity (Wildman–Crippen MR) is 100 cm³/mol. The van der Waals surface area contributed by atoms with Crippen LogP contribution in [0.25, 0.3) is 5.65 Å². The van der Waals surface area contributed by atoms with Crippen molar-refractivity contribution in [3.8, 4) is 0 Å². The molecule has 0 spiro atoms. The van der Waals surface area contributed by atoms with Crippen molar-refractivity contribution in [1.82, 2.24) is 14.7 Å². The third-order valence-corrected chi connectivity index (χ3v) is 4.86. The molecule has 0 radical (unpaired) electrons. The van der Waals surface area contributed by atoms with Crippen LogP contribution in [0.4, 0.5) is 4.39 Å². The Hall–Kier alpha value is -2.69. The summed E-state index contributed by atoms with van der Waals surface area (Å²) in [7, 11) is 0. The molecule has 3 rings (SSSR count). The molecule has 1 amide bonds. The number of fused-ring (bicyclic) bond motifs is 1. The van der Waals surface area contributed by atoms with Gasteiger partial charge < -0.3 is 9.72 Å². The van der Waals surface area contributed by atoms with Crippen LogP contribution >= 0.6 is 0 Å². The van der Waals surface area contributed by atoms with Crippen LogP contribution in [0.3, 0.4) is 0 Å². The van der Waals surface area contributed by atoms with Crippen molar-refractivity contribution in [3.63, 3.8) is 0 Å². The van der Waals surface area contributed by atoms with E-state index >= 15 is 0 Å². The van der Waals surface area contributed by atoms with Crippen LogP contribution in [0.15, 0.2) is 54.9 Å². The van der Waals surface area contributed by atoms with E-state index in [4.69, 9.17) is 0 Å². The maximum absolute atomic E-state index is 14.5. The quantitative estimate of drug-likeness (QED) is 0.723. The maximum Gasteiger partial charge on any atom is 0.221 e. The van der Waals surface area contributed by atoms with Gasteiger partial charge in [-0.2, -0.15) is 0 Å². The Morgan fingerprint density at radius 2 is 1.88 bits per heavy atom. The highest BCUT2D eigenvalue weighted by Crippen LogP contribution is 2.30. The van der Waals surface area contributed by atoms with E-state index in [1.54, 1.807) is 24.4 Å². The van der Waals surface area contributed by atoms with Gasteiger partial charge in [0.1, 0.15) is 11.5 Å². The van der Waals surface area contributed by atoms with Crippen molar-refractivity contribution in [2.24, 2.45) is 5.92 Å². The molecular formula is C21H24FN3O. The van der Waals surface area contributed by atoms with Crippen molar-refractivity contribution in [3.05, 3.63) is 71.9 Å². The van der Waals surface area contributed by atoms with Gasteiger partial charge in [0.05, 0.1) is 5.69 Å². The largest absolute Gasteiger partial charge is 0.353 e. The van der Waals surface area contributed by atoms with Gasteiger partial charge in [0, 0.05) is 30.8 Å². The minimum Gasteiger partial charge on any atom is -0.353 e. The summed E-state index contributed by atoms with van der Waals surface area (Å²) in [6.07, 6.45) is 3.78. The summed E-state index contributed by atoms with van der Waals surface area (Å²) in [5, 5.41) is 3.02. The van der Waals surface area contributed by atoms with E-state index in [2.05, 4.69) is 24.1 Å². The number of pyridine rings is 1. The van der Waals surface area contributed by atoms with Gasteiger partial charge in [-0.3, -0.25) is 4.79 Å². The second-order valence-corrected chi connectivity index (χ2v) is 6.99. The van der Waals surface area contributed by atoms with E-state index in [9.17, 15) is 9.18 Å². The van der Waals surface area contributed by atoms with Crippen molar-refractivity contribution in [2.75, 3.05) is 0 Å². The van der Waals surface area contributed by atoms with Crippen LogP contribution in [0, 0.1) is 11.7 Å². The van der Waals surface area contributed by atoms with E-state index in [1.807, 2.05) is 35.7 Å². The first-order valence-electron chi connectivity index (χ1n) is 8.93. The number of hydrogen-bond acceptors (Lipinski definition) is 2. The molecule has 5 heteroatoms. The highest BCUT2D eigenvalue weighted by atomic mass is 19.1. The second kappa shape index (κ2) is 7.68. The fourth-order valence-corrected chi connectivity index (χ4v) is 3.01. The molecule has 0 aliphatic carbocycles. The summed E-state index contributed by atoms with van der Waals surface area (Å²) in [5.41, 5.74) is 2.09. The Bertz CT molecular complexity index is 903. The Kier molecular flexibility index (Phi) is 5.35. The summed E-state index contributed by atoms with van der Waals surface area (Å²) >= 11 is 0. The zero-order valence-electron chi connectivity index (χ0n) is 15.3. The van der Waals surface area contributed by atoms with E-state index in [0.717, 1.165) is 11.3 Å². The van der Waals surface area contributed by atoms with Gasteiger partial charge >= 0.3 is 0 Å².